The summed E-state index contributed by atoms with van der Waals surface area (Å²) in [4.78, 5) is 17.4. The molecule has 0 saturated heterocycles. The van der Waals surface area contributed by atoms with E-state index in [9.17, 15) is 18.0 Å². The van der Waals surface area contributed by atoms with Gasteiger partial charge in [0, 0.05) is 12.7 Å². The number of nitrogens with zero attached hydrogens (tertiary/aromatic N) is 2. The summed E-state index contributed by atoms with van der Waals surface area (Å²) < 4.78 is 41.9. The number of alkyl halides is 3. The van der Waals surface area contributed by atoms with E-state index in [-0.39, 0.29) is 18.4 Å². The fraction of sp³-hybridized carbons (Fsp3) is 0.217. The molecule has 0 unspecified atom stereocenters. The molecule has 8 heteroatoms. The molecule has 160 valence electrons. The molecule has 0 fully saturated rings. The number of hydrogen-bond acceptors (Lipinski definition) is 3. The Hall–Kier alpha value is -3.13. The van der Waals surface area contributed by atoms with Crippen molar-refractivity contribution in [3.63, 3.8) is 0 Å². The summed E-state index contributed by atoms with van der Waals surface area (Å²) in [6.45, 7) is 4.15. The quantitative estimate of drug-likeness (QED) is 0.381. The van der Waals surface area contributed by atoms with Crippen LogP contribution in [0.25, 0.3) is 10.2 Å². The molecular weight excluding hydrogens is 423 g/mol. The Bertz CT molecular complexity index is 1210. The lowest BCUT2D eigenvalue weighted by Gasteiger charge is -2.11. The maximum atomic E-state index is 13.1. The molecule has 0 aliphatic heterocycles. The number of carbonyl (C=O) groups excluding carboxylic acids is 1. The van der Waals surface area contributed by atoms with E-state index in [1.807, 2.05) is 44.3 Å². The number of benzene rings is 2. The zero-order chi connectivity index (χ0) is 22.2. The molecule has 0 atom stereocenters. The number of carbonyl (C=O) groups is 1. The molecular formula is C23H20F3N3OS. The van der Waals surface area contributed by atoms with Gasteiger partial charge in [-0.15, -0.1) is 0 Å². The number of anilines is 1. The van der Waals surface area contributed by atoms with Crippen LogP contribution in [-0.2, 0) is 12.7 Å². The maximum Gasteiger partial charge on any atom is 0.416 e. The normalized spacial score (nSPS) is 11.9. The minimum Gasteiger partial charge on any atom is -0.339 e. The molecule has 0 spiro atoms. The van der Waals surface area contributed by atoms with Gasteiger partial charge in [0.05, 0.1) is 15.8 Å². The average Bonchev–Trinajstić information content (AvgIpc) is 3.31. The first-order valence-corrected chi connectivity index (χ1v) is 10.6. The van der Waals surface area contributed by atoms with Crippen molar-refractivity contribution in [1.82, 2.24) is 9.55 Å². The Balaban J connectivity index is 1.63. The van der Waals surface area contributed by atoms with Crippen LogP contribution in [0.4, 0.5) is 18.3 Å². The second-order valence-corrected chi connectivity index (χ2v) is 8.61. The number of nitrogens with one attached hydrogen (secondary N) is 1. The minimum atomic E-state index is -4.41. The van der Waals surface area contributed by atoms with Crippen LogP contribution in [0.1, 0.15) is 46.9 Å². The van der Waals surface area contributed by atoms with Crippen LogP contribution >= 0.6 is 11.3 Å². The largest absolute Gasteiger partial charge is 0.416 e. The lowest BCUT2D eigenvalue weighted by Crippen LogP contribution is -2.17. The zero-order valence-corrected chi connectivity index (χ0v) is 17.7. The van der Waals surface area contributed by atoms with E-state index >= 15 is 0 Å². The van der Waals surface area contributed by atoms with Crippen molar-refractivity contribution in [2.45, 2.75) is 32.5 Å². The van der Waals surface area contributed by atoms with Crippen LogP contribution in [-0.4, -0.2) is 15.5 Å². The highest BCUT2D eigenvalue weighted by atomic mass is 32.1. The minimum absolute atomic E-state index is 0.152. The predicted octanol–water partition coefficient (Wildman–Crippen LogP) is 6.54. The Morgan fingerprint density at radius 3 is 2.61 bits per heavy atom. The summed E-state index contributed by atoms with van der Waals surface area (Å²) in [6, 6.07) is 14.5. The molecule has 0 saturated carbocycles. The third kappa shape index (κ3) is 4.64. The monoisotopic (exact) mass is 443 g/mol. The van der Waals surface area contributed by atoms with Crippen LogP contribution in [0.5, 0.6) is 0 Å². The van der Waals surface area contributed by atoms with Gasteiger partial charge in [-0.2, -0.15) is 13.2 Å². The number of amides is 1. The standard InChI is InChI=1S/C23H20F3N3OS/c1-14(2)16-11-19(21(30)28-22-27-18-8-3-4-9-20(18)31-22)29(13-16)12-15-6-5-7-17(10-15)23(24,25)26/h3-11,13-14H,12H2,1-2H3,(H,27,28,30). The van der Waals surface area contributed by atoms with Crippen molar-refractivity contribution in [2.75, 3.05) is 5.32 Å². The third-order valence-electron chi connectivity index (χ3n) is 4.94. The van der Waals surface area contributed by atoms with Gasteiger partial charge in [-0.1, -0.05) is 49.4 Å². The predicted molar refractivity (Wildman–Crippen MR) is 117 cm³/mol. The van der Waals surface area contributed by atoms with Crippen LogP contribution in [0.2, 0.25) is 0 Å². The van der Waals surface area contributed by atoms with Gasteiger partial charge in [0.25, 0.3) is 5.91 Å². The number of aromatic nitrogens is 2. The Morgan fingerprint density at radius 1 is 1.13 bits per heavy atom. The van der Waals surface area contributed by atoms with Crippen molar-refractivity contribution in [3.8, 4) is 0 Å². The fourth-order valence-corrected chi connectivity index (χ4v) is 4.16. The second kappa shape index (κ2) is 8.19. The van der Waals surface area contributed by atoms with Crippen LogP contribution < -0.4 is 5.32 Å². The number of para-hydroxylation sites is 1. The number of rotatable bonds is 5. The highest BCUT2D eigenvalue weighted by Crippen LogP contribution is 2.30. The summed E-state index contributed by atoms with van der Waals surface area (Å²) in [6.07, 6.45) is -2.60. The van der Waals surface area contributed by atoms with Crippen molar-refractivity contribution in [2.24, 2.45) is 0 Å². The van der Waals surface area contributed by atoms with Crippen molar-refractivity contribution in [3.05, 3.63) is 83.2 Å². The van der Waals surface area contributed by atoms with Crippen molar-refractivity contribution >= 4 is 32.6 Å². The summed E-state index contributed by atoms with van der Waals surface area (Å²) in [5, 5.41) is 3.31. The van der Waals surface area contributed by atoms with Gasteiger partial charge in [-0.25, -0.2) is 4.98 Å². The SMILES string of the molecule is CC(C)c1cc(C(=O)Nc2nc3ccccc3s2)n(Cc2cccc(C(F)(F)F)c2)c1. The molecule has 4 aromatic rings. The number of thiazole rings is 1. The summed E-state index contributed by atoms with van der Waals surface area (Å²) in [7, 11) is 0. The smallest absolute Gasteiger partial charge is 0.339 e. The van der Waals surface area contributed by atoms with Gasteiger partial charge in [0.1, 0.15) is 5.69 Å². The van der Waals surface area contributed by atoms with Crippen LogP contribution in [0.3, 0.4) is 0 Å². The Labute approximate surface area is 181 Å². The topological polar surface area (TPSA) is 46.9 Å². The third-order valence-corrected chi connectivity index (χ3v) is 5.89. The summed E-state index contributed by atoms with van der Waals surface area (Å²) in [5.74, 6) is -0.185. The first-order valence-electron chi connectivity index (χ1n) is 9.74. The average molecular weight is 443 g/mol. The second-order valence-electron chi connectivity index (χ2n) is 7.58. The van der Waals surface area contributed by atoms with Gasteiger partial charge in [0.2, 0.25) is 0 Å². The van der Waals surface area contributed by atoms with E-state index in [4.69, 9.17) is 0 Å². The summed E-state index contributed by atoms with van der Waals surface area (Å²) >= 11 is 1.37. The van der Waals surface area contributed by atoms with Crippen LogP contribution in [0, 0.1) is 0 Å². The first-order chi connectivity index (χ1) is 14.7. The lowest BCUT2D eigenvalue weighted by atomic mass is 10.1. The fourth-order valence-electron chi connectivity index (χ4n) is 3.30. The molecule has 31 heavy (non-hydrogen) atoms. The molecule has 1 N–H and O–H groups in total. The van der Waals surface area contributed by atoms with Crippen molar-refractivity contribution < 1.29 is 18.0 Å². The number of hydrogen-bond donors (Lipinski definition) is 1. The van der Waals surface area contributed by atoms with Gasteiger partial charge < -0.3 is 4.57 Å². The molecule has 0 bridgehead atoms. The molecule has 2 aromatic heterocycles. The maximum absolute atomic E-state index is 13.1. The van der Waals surface area contributed by atoms with Gasteiger partial charge in [-0.3, -0.25) is 10.1 Å². The van der Waals surface area contributed by atoms with E-state index in [0.29, 0.717) is 16.4 Å². The van der Waals surface area contributed by atoms with Crippen LogP contribution in [0.15, 0.2) is 60.8 Å². The van der Waals surface area contributed by atoms with Gasteiger partial charge in [-0.05, 0) is 47.4 Å². The van der Waals surface area contributed by atoms with E-state index in [1.54, 1.807) is 16.7 Å². The van der Waals surface area contributed by atoms with E-state index in [1.165, 1.54) is 17.4 Å². The lowest BCUT2D eigenvalue weighted by molar-refractivity contribution is -0.137. The Morgan fingerprint density at radius 2 is 1.90 bits per heavy atom. The van der Waals surface area contributed by atoms with Crippen molar-refractivity contribution in [1.29, 1.82) is 0 Å². The highest BCUT2D eigenvalue weighted by Gasteiger charge is 2.30. The molecule has 4 rings (SSSR count). The van der Waals surface area contributed by atoms with Gasteiger partial charge in [0.15, 0.2) is 5.13 Å². The van der Waals surface area contributed by atoms with Gasteiger partial charge >= 0.3 is 6.18 Å². The Kier molecular flexibility index (Phi) is 5.58. The molecule has 1 amide bonds. The number of halogens is 3. The molecule has 0 aliphatic carbocycles. The molecule has 0 aliphatic rings. The first kappa shape index (κ1) is 21.1. The van der Waals surface area contributed by atoms with E-state index in [0.717, 1.165) is 27.9 Å². The molecule has 2 heterocycles. The van der Waals surface area contributed by atoms with E-state index in [2.05, 4.69) is 10.3 Å². The van der Waals surface area contributed by atoms with E-state index < -0.39 is 11.7 Å². The molecule has 4 nitrogen and oxygen atoms in total. The summed E-state index contributed by atoms with van der Waals surface area (Å²) in [5.41, 5.74) is 1.86. The highest BCUT2D eigenvalue weighted by molar-refractivity contribution is 7.22. The molecule has 2 aromatic carbocycles. The molecule has 0 radical (unpaired) electrons. The number of fused-ring (bicyclic) bond motifs is 1. The zero-order valence-electron chi connectivity index (χ0n) is 16.9.